The zero-order valence-corrected chi connectivity index (χ0v) is 8.40. The second-order valence-electron chi connectivity index (χ2n) is 3.99. The maximum atomic E-state index is 3.55. The largest absolute Gasteiger partial charge is 0.320 e. The molecule has 1 atom stereocenters. The monoisotopic (exact) mass is 170 g/mol. The fourth-order valence-corrected chi connectivity index (χ4v) is 1.55. The highest BCUT2D eigenvalue weighted by Gasteiger charge is 2.22. The quantitative estimate of drug-likeness (QED) is 0.564. The molecule has 2 heteroatoms. The van der Waals surface area contributed by atoms with Gasteiger partial charge in [0.2, 0.25) is 0 Å². The SMILES string of the molecule is CNCCCNC(C)CC1CC1. The van der Waals surface area contributed by atoms with Crippen LogP contribution < -0.4 is 10.6 Å². The maximum absolute atomic E-state index is 3.55. The first-order valence-corrected chi connectivity index (χ1v) is 5.21. The number of hydrogen-bond acceptors (Lipinski definition) is 2. The van der Waals surface area contributed by atoms with Gasteiger partial charge in [0.05, 0.1) is 0 Å². The first-order valence-electron chi connectivity index (χ1n) is 5.21. The summed E-state index contributed by atoms with van der Waals surface area (Å²) in [4.78, 5) is 0. The van der Waals surface area contributed by atoms with Crippen LogP contribution in [0, 0.1) is 5.92 Å². The van der Waals surface area contributed by atoms with Gasteiger partial charge in [-0.25, -0.2) is 0 Å². The Balaban J connectivity index is 1.83. The third-order valence-electron chi connectivity index (χ3n) is 2.48. The van der Waals surface area contributed by atoms with Crippen LogP contribution in [-0.4, -0.2) is 26.2 Å². The molecule has 0 aromatic heterocycles. The van der Waals surface area contributed by atoms with Crippen molar-refractivity contribution in [2.45, 2.75) is 38.6 Å². The van der Waals surface area contributed by atoms with Gasteiger partial charge in [0.1, 0.15) is 0 Å². The maximum Gasteiger partial charge on any atom is 0.00413 e. The highest BCUT2D eigenvalue weighted by Crippen LogP contribution is 2.33. The van der Waals surface area contributed by atoms with E-state index in [0.717, 1.165) is 25.0 Å². The van der Waals surface area contributed by atoms with Crippen LogP contribution in [0.3, 0.4) is 0 Å². The van der Waals surface area contributed by atoms with E-state index in [4.69, 9.17) is 0 Å². The molecule has 1 unspecified atom stereocenters. The third-order valence-corrected chi connectivity index (χ3v) is 2.48. The lowest BCUT2D eigenvalue weighted by molar-refractivity contribution is 0.480. The van der Waals surface area contributed by atoms with E-state index < -0.39 is 0 Å². The number of nitrogens with one attached hydrogen (secondary N) is 2. The van der Waals surface area contributed by atoms with Crippen LogP contribution in [0.25, 0.3) is 0 Å². The van der Waals surface area contributed by atoms with E-state index in [2.05, 4.69) is 17.6 Å². The van der Waals surface area contributed by atoms with Crippen molar-refractivity contribution < 1.29 is 0 Å². The molecule has 2 N–H and O–H groups in total. The zero-order valence-electron chi connectivity index (χ0n) is 8.40. The van der Waals surface area contributed by atoms with Crippen LogP contribution in [-0.2, 0) is 0 Å². The zero-order chi connectivity index (χ0) is 8.81. The molecule has 1 rings (SSSR count). The van der Waals surface area contributed by atoms with Crippen LogP contribution in [0.5, 0.6) is 0 Å². The van der Waals surface area contributed by atoms with Crippen molar-refractivity contribution in [1.29, 1.82) is 0 Å². The van der Waals surface area contributed by atoms with Gasteiger partial charge < -0.3 is 10.6 Å². The average Bonchev–Trinajstić information content (AvgIpc) is 2.82. The van der Waals surface area contributed by atoms with Crippen molar-refractivity contribution in [1.82, 2.24) is 10.6 Å². The first kappa shape index (κ1) is 10.0. The highest BCUT2D eigenvalue weighted by atomic mass is 14.9. The minimum absolute atomic E-state index is 0.731. The minimum atomic E-state index is 0.731. The van der Waals surface area contributed by atoms with Gasteiger partial charge in [0.15, 0.2) is 0 Å². The molecule has 2 nitrogen and oxygen atoms in total. The number of rotatable bonds is 7. The minimum Gasteiger partial charge on any atom is -0.320 e. The van der Waals surface area contributed by atoms with Gasteiger partial charge >= 0.3 is 0 Å². The molecule has 0 heterocycles. The summed E-state index contributed by atoms with van der Waals surface area (Å²) in [6.07, 6.45) is 5.58. The average molecular weight is 170 g/mol. The van der Waals surface area contributed by atoms with Crippen molar-refractivity contribution in [2.75, 3.05) is 20.1 Å². The van der Waals surface area contributed by atoms with Gasteiger partial charge in [-0.15, -0.1) is 0 Å². The van der Waals surface area contributed by atoms with E-state index in [1.165, 1.54) is 25.7 Å². The highest BCUT2D eigenvalue weighted by molar-refractivity contribution is 4.77. The molecule has 0 aromatic carbocycles. The molecule has 1 saturated carbocycles. The molecule has 12 heavy (non-hydrogen) atoms. The molecule has 0 aliphatic heterocycles. The summed E-state index contributed by atoms with van der Waals surface area (Å²) in [5.41, 5.74) is 0. The second kappa shape index (κ2) is 5.55. The normalized spacial score (nSPS) is 19.5. The molecular weight excluding hydrogens is 148 g/mol. The summed E-state index contributed by atoms with van der Waals surface area (Å²) in [6, 6.07) is 0.731. The lowest BCUT2D eigenvalue weighted by atomic mass is 10.1. The standard InChI is InChI=1S/C10H22N2/c1-9(8-10-4-5-10)12-7-3-6-11-2/h9-12H,3-8H2,1-2H3. The molecule has 1 aliphatic rings. The third kappa shape index (κ3) is 4.73. The summed E-state index contributed by atoms with van der Waals surface area (Å²) in [5.74, 6) is 1.05. The fraction of sp³-hybridized carbons (Fsp3) is 1.00. The van der Waals surface area contributed by atoms with E-state index in [1.807, 2.05) is 7.05 Å². The topological polar surface area (TPSA) is 24.1 Å². The van der Waals surface area contributed by atoms with Crippen molar-refractivity contribution in [3.8, 4) is 0 Å². The van der Waals surface area contributed by atoms with Crippen molar-refractivity contribution in [2.24, 2.45) is 5.92 Å². The molecule has 0 amide bonds. The molecule has 0 bridgehead atoms. The van der Waals surface area contributed by atoms with E-state index in [9.17, 15) is 0 Å². The molecule has 1 fully saturated rings. The second-order valence-corrected chi connectivity index (χ2v) is 3.99. The predicted molar refractivity (Wildman–Crippen MR) is 53.3 cm³/mol. The molecule has 0 radical (unpaired) electrons. The molecule has 0 aromatic rings. The summed E-state index contributed by atoms with van der Waals surface area (Å²) in [7, 11) is 2.01. The van der Waals surface area contributed by atoms with Crippen LogP contribution in [0.15, 0.2) is 0 Å². The summed E-state index contributed by atoms with van der Waals surface area (Å²) in [6.45, 7) is 4.59. The Bertz CT molecular complexity index is 110. The molecular formula is C10H22N2. The van der Waals surface area contributed by atoms with Crippen molar-refractivity contribution in [3.63, 3.8) is 0 Å². The predicted octanol–water partition coefficient (Wildman–Crippen LogP) is 1.37. The lowest BCUT2D eigenvalue weighted by Crippen LogP contribution is -2.29. The van der Waals surface area contributed by atoms with Gasteiger partial charge in [0, 0.05) is 6.04 Å². The van der Waals surface area contributed by atoms with Crippen LogP contribution >= 0.6 is 0 Å². The van der Waals surface area contributed by atoms with Crippen molar-refractivity contribution in [3.05, 3.63) is 0 Å². The Kier molecular flexibility index (Phi) is 4.62. The molecule has 0 spiro atoms. The first-order chi connectivity index (χ1) is 5.83. The van der Waals surface area contributed by atoms with E-state index in [0.29, 0.717) is 0 Å². The molecule has 1 aliphatic carbocycles. The van der Waals surface area contributed by atoms with Gasteiger partial charge in [-0.2, -0.15) is 0 Å². The van der Waals surface area contributed by atoms with Gasteiger partial charge in [-0.3, -0.25) is 0 Å². The van der Waals surface area contributed by atoms with Gasteiger partial charge in [0.25, 0.3) is 0 Å². The van der Waals surface area contributed by atoms with E-state index >= 15 is 0 Å². The van der Waals surface area contributed by atoms with E-state index in [-0.39, 0.29) is 0 Å². The summed E-state index contributed by atoms with van der Waals surface area (Å²) >= 11 is 0. The Labute approximate surface area is 76.1 Å². The number of hydrogen-bond donors (Lipinski definition) is 2. The van der Waals surface area contributed by atoms with Crippen molar-refractivity contribution >= 4 is 0 Å². The molecule has 0 saturated heterocycles. The van der Waals surface area contributed by atoms with Gasteiger partial charge in [-0.1, -0.05) is 12.8 Å². The van der Waals surface area contributed by atoms with Gasteiger partial charge in [-0.05, 0) is 45.8 Å². The lowest BCUT2D eigenvalue weighted by Gasteiger charge is -2.12. The summed E-state index contributed by atoms with van der Waals surface area (Å²) < 4.78 is 0. The van der Waals surface area contributed by atoms with Crippen LogP contribution in [0.1, 0.15) is 32.6 Å². The Morgan fingerprint density at radius 2 is 2.08 bits per heavy atom. The Hall–Kier alpha value is -0.0800. The van der Waals surface area contributed by atoms with Crippen LogP contribution in [0.2, 0.25) is 0 Å². The fourth-order valence-electron chi connectivity index (χ4n) is 1.55. The molecule has 72 valence electrons. The van der Waals surface area contributed by atoms with E-state index in [1.54, 1.807) is 0 Å². The summed E-state index contributed by atoms with van der Waals surface area (Å²) in [5, 5.41) is 6.70. The van der Waals surface area contributed by atoms with Crippen LogP contribution in [0.4, 0.5) is 0 Å². The smallest absolute Gasteiger partial charge is 0.00413 e. The Morgan fingerprint density at radius 3 is 2.67 bits per heavy atom. The Morgan fingerprint density at radius 1 is 1.33 bits per heavy atom.